The van der Waals surface area contributed by atoms with Crippen molar-refractivity contribution < 1.29 is 32.6 Å². The summed E-state index contributed by atoms with van der Waals surface area (Å²) in [5, 5.41) is 9.20. The average molecular weight is 506 g/mol. The van der Waals surface area contributed by atoms with E-state index in [4.69, 9.17) is 9.84 Å². The van der Waals surface area contributed by atoms with E-state index >= 15 is 0 Å². The second-order valence-electron chi connectivity index (χ2n) is 8.39. The van der Waals surface area contributed by atoms with Gasteiger partial charge < -0.3 is 9.84 Å². The number of rotatable bonds is 11. The molecule has 0 aliphatic carbocycles. The van der Waals surface area contributed by atoms with Gasteiger partial charge in [0, 0.05) is 28.0 Å². The molecule has 0 saturated carbocycles. The minimum Gasteiger partial charge on any atom is -0.482 e. The second-order valence-corrected chi connectivity index (χ2v) is 9.48. The molecule has 0 aliphatic heterocycles. The fraction of sp³-hybridized carbons (Fsp3) is 0.346. The van der Waals surface area contributed by atoms with Gasteiger partial charge in [0.2, 0.25) is 0 Å². The minimum atomic E-state index is -3.14. The Hall–Kier alpha value is -3.20. The Balaban J connectivity index is 1.80. The number of aromatic nitrogens is 1. The SMILES string of the molecule is Cc1cc(C(=O)CCc2sc(-c3ccccc3C(F)C(F)F)nc2C(C)C)ccc1OCC(=O)O. The molecule has 3 rings (SSSR count). The summed E-state index contributed by atoms with van der Waals surface area (Å²) in [5.41, 5.74) is 2.11. The van der Waals surface area contributed by atoms with Crippen LogP contribution >= 0.6 is 11.3 Å². The number of ether oxygens (including phenoxy) is 1. The Morgan fingerprint density at radius 2 is 1.83 bits per heavy atom. The van der Waals surface area contributed by atoms with Crippen LogP contribution in [0.3, 0.4) is 0 Å². The monoisotopic (exact) mass is 505 g/mol. The van der Waals surface area contributed by atoms with Gasteiger partial charge >= 0.3 is 5.97 Å². The van der Waals surface area contributed by atoms with E-state index in [2.05, 4.69) is 4.98 Å². The first kappa shape index (κ1) is 26.4. The summed E-state index contributed by atoms with van der Waals surface area (Å²) in [6.07, 6.45) is -4.95. The van der Waals surface area contributed by atoms with Crippen LogP contribution in [0.5, 0.6) is 5.75 Å². The van der Waals surface area contributed by atoms with Gasteiger partial charge in [-0.15, -0.1) is 11.3 Å². The molecular weight excluding hydrogens is 479 g/mol. The molecule has 0 spiro atoms. The first-order valence-electron chi connectivity index (χ1n) is 11.1. The van der Waals surface area contributed by atoms with Crippen molar-refractivity contribution in [1.29, 1.82) is 0 Å². The molecule has 5 nitrogen and oxygen atoms in total. The van der Waals surface area contributed by atoms with Gasteiger partial charge in [0.25, 0.3) is 6.43 Å². The molecule has 1 aromatic heterocycles. The van der Waals surface area contributed by atoms with Gasteiger partial charge in [-0.3, -0.25) is 4.79 Å². The largest absolute Gasteiger partial charge is 0.482 e. The maximum absolute atomic E-state index is 14.2. The van der Waals surface area contributed by atoms with Crippen molar-refractivity contribution in [1.82, 2.24) is 4.98 Å². The Kier molecular flexibility index (Phi) is 8.67. The van der Waals surface area contributed by atoms with Gasteiger partial charge in [-0.05, 0) is 43.0 Å². The lowest BCUT2D eigenvalue weighted by atomic mass is 10.0. The number of benzene rings is 2. The molecule has 0 bridgehead atoms. The number of ketones is 1. The van der Waals surface area contributed by atoms with E-state index in [1.807, 2.05) is 13.8 Å². The van der Waals surface area contributed by atoms with Crippen LogP contribution in [-0.4, -0.2) is 34.9 Å². The van der Waals surface area contributed by atoms with Crippen LogP contribution in [0.1, 0.15) is 64.4 Å². The van der Waals surface area contributed by atoms with Gasteiger partial charge in [-0.1, -0.05) is 38.1 Å². The second kappa shape index (κ2) is 11.5. The Morgan fingerprint density at radius 1 is 1.11 bits per heavy atom. The predicted octanol–water partition coefficient (Wildman–Crippen LogP) is 6.80. The highest BCUT2D eigenvalue weighted by molar-refractivity contribution is 7.15. The highest BCUT2D eigenvalue weighted by Crippen LogP contribution is 2.38. The number of aliphatic carboxylic acids is 1. The standard InChI is InChI=1S/C26H26F3NO4S/c1-14(2)24-21(35-26(30-24)18-7-5-4-6-17(18)23(27)25(28)29)11-9-19(31)16-8-10-20(15(3)12-16)34-13-22(32)33/h4-8,10,12,14,23,25H,9,11,13H2,1-3H3,(H,32,33). The number of carboxylic acid groups (broad SMARTS) is 1. The number of carbonyl (C=O) groups excluding carboxylic acids is 1. The van der Waals surface area contributed by atoms with E-state index in [0.29, 0.717) is 33.9 Å². The highest BCUT2D eigenvalue weighted by atomic mass is 32.1. The first-order valence-corrected chi connectivity index (χ1v) is 11.9. The smallest absolute Gasteiger partial charge is 0.341 e. The van der Waals surface area contributed by atoms with Gasteiger partial charge in [-0.2, -0.15) is 0 Å². The van der Waals surface area contributed by atoms with Crippen molar-refractivity contribution in [3.8, 4) is 16.3 Å². The van der Waals surface area contributed by atoms with Crippen LogP contribution in [0.25, 0.3) is 10.6 Å². The van der Waals surface area contributed by atoms with E-state index in [1.54, 1.807) is 37.3 Å². The van der Waals surface area contributed by atoms with E-state index < -0.39 is 25.2 Å². The summed E-state index contributed by atoms with van der Waals surface area (Å²) in [4.78, 5) is 29.0. The molecule has 9 heteroatoms. The number of halogens is 3. The molecule has 35 heavy (non-hydrogen) atoms. The van der Waals surface area contributed by atoms with Crippen LogP contribution in [0.4, 0.5) is 13.2 Å². The maximum atomic E-state index is 14.2. The molecule has 0 radical (unpaired) electrons. The molecule has 1 N–H and O–H groups in total. The topological polar surface area (TPSA) is 76.5 Å². The molecule has 1 heterocycles. The van der Waals surface area contributed by atoms with Gasteiger partial charge in [0.1, 0.15) is 10.8 Å². The number of carboxylic acids is 1. The molecule has 0 aliphatic rings. The van der Waals surface area contributed by atoms with Crippen LogP contribution in [0.15, 0.2) is 42.5 Å². The number of hydrogen-bond acceptors (Lipinski definition) is 5. The van der Waals surface area contributed by atoms with Crippen molar-refractivity contribution in [3.05, 3.63) is 69.7 Å². The number of alkyl halides is 3. The van der Waals surface area contributed by atoms with E-state index in [0.717, 1.165) is 10.6 Å². The van der Waals surface area contributed by atoms with Crippen LogP contribution in [0.2, 0.25) is 0 Å². The van der Waals surface area contributed by atoms with Crippen molar-refractivity contribution in [2.75, 3.05) is 6.61 Å². The zero-order chi connectivity index (χ0) is 25.7. The number of Topliss-reactive ketones (excluding diaryl/α,β-unsaturated/α-hetero) is 1. The van der Waals surface area contributed by atoms with Crippen LogP contribution < -0.4 is 4.74 Å². The van der Waals surface area contributed by atoms with Gasteiger partial charge in [0.15, 0.2) is 18.6 Å². The molecule has 1 unspecified atom stereocenters. The zero-order valence-electron chi connectivity index (χ0n) is 19.6. The number of nitrogens with zero attached hydrogens (tertiary/aromatic N) is 1. The van der Waals surface area contributed by atoms with E-state index in [-0.39, 0.29) is 23.7 Å². The summed E-state index contributed by atoms with van der Waals surface area (Å²) in [6, 6.07) is 10.9. The maximum Gasteiger partial charge on any atom is 0.341 e. The summed E-state index contributed by atoms with van der Waals surface area (Å²) in [7, 11) is 0. The lowest BCUT2D eigenvalue weighted by molar-refractivity contribution is -0.139. The fourth-order valence-corrected chi connectivity index (χ4v) is 4.94. The average Bonchev–Trinajstić information content (AvgIpc) is 3.25. The van der Waals surface area contributed by atoms with Crippen molar-refractivity contribution >= 4 is 23.1 Å². The van der Waals surface area contributed by atoms with Crippen molar-refractivity contribution in [3.63, 3.8) is 0 Å². The lowest BCUT2D eigenvalue weighted by Gasteiger charge is -2.11. The molecule has 186 valence electrons. The Bertz CT molecular complexity index is 1210. The number of carbonyl (C=O) groups is 2. The number of hydrogen-bond donors (Lipinski definition) is 1. The zero-order valence-corrected chi connectivity index (χ0v) is 20.4. The molecule has 0 saturated heterocycles. The quantitative estimate of drug-likeness (QED) is 0.290. The Labute approximate surface area is 205 Å². The van der Waals surface area contributed by atoms with Crippen molar-refractivity contribution in [2.24, 2.45) is 0 Å². The molecule has 0 fully saturated rings. The third kappa shape index (κ3) is 6.48. The molecule has 0 amide bonds. The number of thiazole rings is 1. The summed E-state index contributed by atoms with van der Waals surface area (Å²) < 4.78 is 45.5. The number of aryl methyl sites for hydroxylation is 2. The van der Waals surface area contributed by atoms with Crippen LogP contribution in [-0.2, 0) is 11.2 Å². The lowest BCUT2D eigenvalue weighted by Crippen LogP contribution is -2.10. The van der Waals surface area contributed by atoms with E-state index in [1.165, 1.54) is 23.5 Å². The van der Waals surface area contributed by atoms with Crippen LogP contribution in [0, 0.1) is 6.92 Å². The van der Waals surface area contributed by atoms with Crippen molar-refractivity contribution in [2.45, 2.75) is 52.1 Å². The highest BCUT2D eigenvalue weighted by Gasteiger charge is 2.26. The third-order valence-electron chi connectivity index (χ3n) is 5.41. The molecule has 2 aromatic carbocycles. The van der Waals surface area contributed by atoms with E-state index in [9.17, 15) is 22.8 Å². The normalized spacial score (nSPS) is 12.2. The molecule has 1 atom stereocenters. The summed E-state index contributed by atoms with van der Waals surface area (Å²) in [5.74, 6) is -0.772. The summed E-state index contributed by atoms with van der Waals surface area (Å²) in [6.45, 7) is 5.16. The fourth-order valence-electron chi connectivity index (χ4n) is 3.67. The summed E-state index contributed by atoms with van der Waals surface area (Å²) >= 11 is 1.29. The molecular formula is C26H26F3NO4S. The first-order chi connectivity index (χ1) is 16.6. The third-order valence-corrected chi connectivity index (χ3v) is 6.58. The van der Waals surface area contributed by atoms with Gasteiger partial charge in [0.05, 0.1) is 5.69 Å². The minimum absolute atomic E-state index is 0.0291. The molecule has 3 aromatic rings. The van der Waals surface area contributed by atoms with Gasteiger partial charge in [-0.25, -0.2) is 22.9 Å². The Morgan fingerprint density at radius 3 is 2.46 bits per heavy atom. The predicted molar refractivity (Wildman–Crippen MR) is 128 cm³/mol.